The molecular weight excluding hydrogens is 423 g/mol. The molecule has 2 heterocycles. The molecule has 1 unspecified atom stereocenters. The number of nitrogens with zero attached hydrogens (tertiary/aromatic N) is 3. The third-order valence-corrected chi connectivity index (χ3v) is 6.91. The van der Waals surface area contributed by atoms with Crippen LogP contribution in [0.15, 0.2) is 29.3 Å². The summed E-state index contributed by atoms with van der Waals surface area (Å²) in [5, 5.41) is 0. The summed E-state index contributed by atoms with van der Waals surface area (Å²) in [6.07, 6.45) is -1.23. The van der Waals surface area contributed by atoms with Crippen molar-refractivity contribution < 1.29 is 27.6 Å². The van der Waals surface area contributed by atoms with Crippen molar-refractivity contribution in [2.24, 2.45) is 4.99 Å². The monoisotopic (exact) mass is 449 g/mol. The Morgan fingerprint density at radius 1 is 1.12 bits per heavy atom. The van der Waals surface area contributed by atoms with E-state index in [0.717, 1.165) is 18.9 Å². The molecular formula is C23H26F3N3O3. The van der Waals surface area contributed by atoms with Crippen LogP contribution in [0.5, 0.6) is 0 Å². The van der Waals surface area contributed by atoms with Crippen LogP contribution in [0, 0.1) is 0 Å². The molecule has 1 saturated heterocycles. The third-order valence-electron chi connectivity index (χ3n) is 6.91. The minimum atomic E-state index is -4.45. The van der Waals surface area contributed by atoms with E-state index in [9.17, 15) is 27.6 Å². The summed E-state index contributed by atoms with van der Waals surface area (Å²) in [5.74, 6) is -1.90. The Balaban J connectivity index is 1.70. The predicted octanol–water partition coefficient (Wildman–Crippen LogP) is 3.34. The molecule has 2 aliphatic heterocycles. The number of amidine groups is 1. The Bertz CT molecular complexity index is 980. The van der Waals surface area contributed by atoms with Gasteiger partial charge in [-0.15, -0.1) is 0 Å². The standard InChI is InChI=1S/C23H26F3N3O3/c1-14(2)28-10-11-29-17(27-20(31)19(30)18(29)21(28)32)13-22(8-3-4-9-22)15-6-5-7-16(12-15)23(24,25)26/h5-7,12,14,18H,3-4,8-11,13H2,1-2H3. The van der Waals surface area contributed by atoms with Gasteiger partial charge in [-0.25, -0.2) is 0 Å². The second kappa shape index (κ2) is 8.01. The molecule has 4 rings (SSSR count). The first-order chi connectivity index (χ1) is 15.0. The van der Waals surface area contributed by atoms with Gasteiger partial charge in [0.1, 0.15) is 5.84 Å². The van der Waals surface area contributed by atoms with Gasteiger partial charge < -0.3 is 9.80 Å². The van der Waals surface area contributed by atoms with Gasteiger partial charge in [-0.3, -0.25) is 14.4 Å². The van der Waals surface area contributed by atoms with E-state index in [1.54, 1.807) is 15.9 Å². The Kier molecular flexibility index (Phi) is 5.63. The van der Waals surface area contributed by atoms with Crippen molar-refractivity contribution in [2.45, 2.75) is 69.6 Å². The molecule has 1 aliphatic carbocycles. The number of hydrogen-bond donors (Lipinski definition) is 0. The van der Waals surface area contributed by atoms with E-state index in [1.807, 2.05) is 13.8 Å². The highest BCUT2D eigenvalue weighted by Gasteiger charge is 2.49. The molecule has 9 heteroatoms. The number of halogens is 3. The number of hydrogen-bond acceptors (Lipinski definition) is 4. The van der Waals surface area contributed by atoms with Crippen LogP contribution in [0.25, 0.3) is 0 Å². The van der Waals surface area contributed by atoms with E-state index in [-0.39, 0.29) is 12.5 Å². The molecule has 1 atom stereocenters. The summed E-state index contributed by atoms with van der Waals surface area (Å²) in [7, 11) is 0. The zero-order valence-corrected chi connectivity index (χ0v) is 18.1. The summed E-state index contributed by atoms with van der Waals surface area (Å²) in [4.78, 5) is 45.1. The van der Waals surface area contributed by atoms with Crippen LogP contribution in [0.4, 0.5) is 13.2 Å². The number of carbonyl (C=O) groups is 3. The van der Waals surface area contributed by atoms with Crippen LogP contribution < -0.4 is 0 Å². The van der Waals surface area contributed by atoms with Gasteiger partial charge >= 0.3 is 12.1 Å². The predicted molar refractivity (Wildman–Crippen MR) is 111 cm³/mol. The van der Waals surface area contributed by atoms with Gasteiger partial charge in [0.25, 0.3) is 11.7 Å². The van der Waals surface area contributed by atoms with Crippen LogP contribution in [-0.4, -0.2) is 58.4 Å². The van der Waals surface area contributed by atoms with E-state index in [4.69, 9.17) is 0 Å². The minimum Gasteiger partial charge on any atom is -0.339 e. The summed E-state index contributed by atoms with van der Waals surface area (Å²) < 4.78 is 40.0. The topological polar surface area (TPSA) is 70.0 Å². The summed E-state index contributed by atoms with van der Waals surface area (Å²) in [6, 6.07) is 3.99. The minimum absolute atomic E-state index is 0.110. The highest BCUT2D eigenvalue weighted by molar-refractivity contribution is 6.45. The number of alkyl halides is 3. The van der Waals surface area contributed by atoms with Crippen molar-refractivity contribution in [3.8, 4) is 0 Å². The second-order valence-corrected chi connectivity index (χ2v) is 9.16. The Labute approximate surface area is 184 Å². The fraction of sp³-hybridized carbons (Fsp3) is 0.565. The van der Waals surface area contributed by atoms with E-state index in [0.29, 0.717) is 37.3 Å². The Morgan fingerprint density at radius 3 is 2.44 bits per heavy atom. The van der Waals surface area contributed by atoms with E-state index in [1.165, 1.54) is 12.1 Å². The lowest BCUT2D eigenvalue weighted by atomic mass is 9.74. The normalized spacial score (nSPS) is 23.6. The van der Waals surface area contributed by atoms with Crippen molar-refractivity contribution in [1.29, 1.82) is 0 Å². The fourth-order valence-corrected chi connectivity index (χ4v) is 5.23. The number of ketones is 1. The van der Waals surface area contributed by atoms with Crippen LogP contribution in [0.2, 0.25) is 0 Å². The lowest BCUT2D eigenvalue weighted by Crippen LogP contribution is -2.66. The molecule has 2 amide bonds. The van der Waals surface area contributed by atoms with Gasteiger partial charge in [0.2, 0.25) is 0 Å². The highest BCUT2D eigenvalue weighted by Crippen LogP contribution is 2.46. The average molecular weight is 449 g/mol. The third kappa shape index (κ3) is 3.82. The van der Waals surface area contributed by atoms with Crippen molar-refractivity contribution in [3.63, 3.8) is 0 Å². The molecule has 6 nitrogen and oxygen atoms in total. The van der Waals surface area contributed by atoms with Crippen LogP contribution in [0.3, 0.4) is 0 Å². The number of rotatable bonds is 4. The quantitative estimate of drug-likeness (QED) is 0.522. The average Bonchev–Trinajstić information content (AvgIpc) is 3.20. The molecule has 0 N–H and O–H groups in total. The number of amides is 2. The Hall–Kier alpha value is -2.71. The van der Waals surface area contributed by atoms with Crippen LogP contribution in [-0.2, 0) is 26.0 Å². The number of benzene rings is 1. The van der Waals surface area contributed by atoms with E-state index < -0.39 is 40.8 Å². The SMILES string of the molecule is CC(C)N1CCN2C(CC3(c4cccc(C(F)(F)F)c4)CCCC3)=NC(=O)C(=O)C2C1=O. The lowest BCUT2D eigenvalue weighted by molar-refractivity contribution is -0.151. The zero-order valence-electron chi connectivity index (χ0n) is 18.1. The fourth-order valence-electron chi connectivity index (χ4n) is 5.23. The van der Waals surface area contributed by atoms with Gasteiger partial charge in [0, 0.05) is 31.0 Å². The first kappa shape index (κ1) is 22.5. The second-order valence-electron chi connectivity index (χ2n) is 9.16. The summed E-state index contributed by atoms with van der Waals surface area (Å²) in [5.41, 5.74) is -0.777. The van der Waals surface area contributed by atoms with Gasteiger partial charge in [0.15, 0.2) is 6.04 Å². The van der Waals surface area contributed by atoms with Gasteiger partial charge in [-0.05, 0) is 38.3 Å². The van der Waals surface area contributed by atoms with Crippen molar-refractivity contribution >= 4 is 23.4 Å². The van der Waals surface area contributed by atoms with Crippen molar-refractivity contribution in [1.82, 2.24) is 9.80 Å². The van der Waals surface area contributed by atoms with Crippen LogP contribution >= 0.6 is 0 Å². The molecule has 32 heavy (non-hydrogen) atoms. The maximum atomic E-state index is 13.3. The Morgan fingerprint density at radius 2 is 1.81 bits per heavy atom. The number of Topliss-reactive ketones (excluding diaryl/α,β-unsaturated/α-hetero) is 1. The molecule has 1 aromatic rings. The first-order valence-electron chi connectivity index (χ1n) is 10.9. The molecule has 0 radical (unpaired) electrons. The van der Waals surface area contributed by atoms with E-state index in [2.05, 4.69) is 4.99 Å². The molecule has 1 saturated carbocycles. The molecule has 3 aliphatic rings. The summed E-state index contributed by atoms with van der Waals surface area (Å²) in [6.45, 7) is 4.44. The van der Waals surface area contributed by atoms with Crippen molar-refractivity contribution in [2.75, 3.05) is 13.1 Å². The highest BCUT2D eigenvalue weighted by atomic mass is 19.4. The maximum Gasteiger partial charge on any atom is 0.416 e. The largest absolute Gasteiger partial charge is 0.416 e. The van der Waals surface area contributed by atoms with Crippen LogP contribution in [0.1, 0.15) is 57.1 Å². The smallest absolute Gasteiger partial charge is 0.339 e. The first-order valence-corrected chi connectivity index (χ1v) is 10.9. The molecule has 2 fully saturated rings. The van der Waals surface area contributed by atoms with Gasteiger partial charge in [0.05, 0.1) is 5.56 Å². The molecule has 0 bridgehead atoms. The number of fused-ring (bicyclic) bond motifs is 1. The van der Waals surface area contributed by atoms with E-state index >= 15 is 0 Å². The molecule has 0 spiro atoms. The number of aliphatic imine (C=N–C) groups is 1. The number of piperazine rings is 1. The van der Waals surface area contributed by atoms with Crippen molar-refractivity contribution in [3.05, 3.63) is 35.4 Å². The number of carbonyl (C=O) groups excluding carboxylic acids is 3. The molecule has 0 aromatic heterocycles. The molecule has 172 valence electrons. The maximum absolute atomic E-state index is 13.3. The molecule has 1 aromatic carbocycles. The zero-order chi connectivity index (χ0) is 23.3. The lowest BCUT2D eigenvalue weighted by Gasteiger charge is -2.45. The summed E-state index contributed by atoms with van der Waals surface area (Å²) >= 11 is 0. The van der Waals surface area contributed by atoms with Gasteiger partial charge in [-0.2, -0.15) is 18.2 Å². The van der Waals surface area contributed by atoms with Gasteiger partial charge in [-0.1, -0.05) is 31.0 Å².